The number of rotatable bonds is 6. The molecule has 14 heteroatoms. The lowest BCUT2D eigenvalue weighted by molar-refractivity contribution is -0.264. The van der Waals surface area contributed by atoms with Gasteiger partial charge in [-0.2, -0.15) is 0 Å². The summed E-state index contributed by atoms with van der Waals surface area (Å²) < 4.78 is 24.3. The molecule has 0 spiro atoms. The van der Waals surface area contributed by atoms with Gasteiger partial charge in [0.15, 0.2) is 0 Å². The Labute approximate surface area is 435 Å². The van der Waals surface area contributed by atoms with Crippen LogP contribution in [0.3, 0.4) is 0 Å². The van der Waals surface area contributed by atoms with E-state index >= 15 is 0 Å². The molecule has 1 amide bonds. The van der Waals surface area contributed by atoms with Gasteiger partial charge in [-0.15, -0.1) is 0 Å². The number of cyclic esters (lactones) is 1. The second kappa shape index (κ2) is 26.4. The number of hydrogen-bond acceptors (Lipinski definition) is 13. The van der Waals surface area contributed by atoms with Gasteiger partial charge in [-0.25, -0.2) is 4.79 Å². The van der Waals surface area contributed by atoms with Crippen LogP contribution in [0.15, 0.2) is 83.2 Å². The zero-order chi connectivity index (χ0) is 53.3. The highest BCUT2D eigenvalue weighted by molar-refractivity contribution is 6.39. The number of carbonyl (C=O) groups excluding carboxylic acids is 3. The molecule has 3 fully saturated rings. The summed E-state index contributed by atoms with van der Waals surface area (Å²) in [6, 6.07) is -0.996. The number of carbonyl (C=O) groups is 3. The number of nitrogens with one attached hydrogen (secondary N) is 1. The maximum absolute atomic E-state index is 14.6. The summed E-state index contributed by atoms with van der Waals surface area (Å²) >= 11 is 0. The number of allylic oxidation sites excluding steroid dienone is 8. The van der Waals surface area contributed by atoms with Gasteiger partial charge in [-0.05, 0) is 132 Å². The number of aliphatic hydroxyl groups excluding tert-OH is 4. The summed E-state index contributed by atoms with van der Waals surface area (Å²) in [5.41, 5.74) is 3.97. The van der Waals surface area contributed by atoms with E-state index in [1.54, 1.807) is 27.0 Å². The van der Waals surface area contributed by atoms with Crippen LogP contribution in [0.5, 0.6) is 0 Å². The molecule has 0 aromatic carbocycles. The maximum Gasteiger partial charge on any atom is 0.329 e. The number of Topliss-reactive ketones (excluding diaryl/α,β-unsaturated/α-hetero) is 1. The van der Waals surface area contributed by atoms with Crippen LogP contribution in [0.25, 0.3) is 0 Å². The highest BCUT2D eigenvalue weighted by Crippen LogP contribution is 2.43. The summed E-state index contributed by atoms with van der Waals surface area (Å²) in [6.07, 6.45) is 20.1. The van der Waals surface area contributed by atoms with Crippen LogP contribution in [0.1, 0.15) is 132 Å². The molecule has 73 heavy (non-hydrogen) atoms. The van der Waals surface area contributed by atoms with Gasteiger partial charge in [0.1, 0.15) is 24.4 Å². The van der Waals surface area contributed by atoms with Crippen LogP contribution in [0.2, 0.25) is 0 Å². The predicted molar refractivity (Wildman–Crippen MR) is 281 cm³/mol. The second-order valence-electron chi connectivity index (χ2n) is 22.9. The Hall–Kier alpha value is -3.73. The van der Waals surface area contributed by atoms with Crippen molar-refractivity contribution in [3.8, 4) is 0 Å². The summed E-state index contributed by atoms with van der Waals surface area (Å²) in [5.74, 6) is -6.73. The molecule has 2 bridgehead atoms. The third kappa shape index (κ3) is 14.2. The highest BCUT2D eigenvalue weighted by atomic mass is 16.6. The molecule has 3 unspecified atom stereocenters. The average Bonchev–Trinajstić information content (AvgIpc) is 3.81. The molecule has 6 N–H and O–H groups in total. The first-order chi connectivity index (χ1) is 34.7. The number of ether oxygens (including phenoxy) is 4. The first-order valence-corrected chi connectivity index (χ1v) is 27.4. The third-order valence-corrected chi connectivity index (χ3v) is 17.4. The van der Waals surface area contributed by atoms with Gasteiger partial charge in [0.25, 0.3) is 11.7 Å². The number of aliphatic hydroxyl groups is 5. The van der Waals surface area contributed by atoms with Crippen LogP contribution in [0, 0.1) is 47.3 Å². The van der Waals surface area contributed by atoms with Gasteiger partial charge in [-0.1, -0.05) is 100 Å². The van der Waals surface area contributed by atoms with E-state index < -0.39 is 84.1 Å². The Morgan fingerprint density at radius 2 is 1.55 bits per heavy atom. The smallest absolute Gasteiger partial charge is 0.329 e. The molecule has 6 rings (SSSR count). The van der Waals surface area contributed by atoms with Crippen molar-refractivity contribution in [2.45, 2.75) is 199 Å². The minimum Gasteiger partial charge on any atom is -0.460 e. The number of ketones is 1. The Morgan fingerprint density at radius 1 is 0.808 bits per heavy atom. The lowest BCUT2D eigenvalue weighted by Crippen LogP contribution is -2.60. The Balaban J connectivity index is 1.33. The quantitative estimate of drug-likeness (QED) is 0.0876. The summed E-state index contributed by atoms with van der Waals surface area (Å²) in [4.78, 5) is 45.1. The van der Waals surface area contributed by atoms with E-state index in [0.717, 1.165) is 12.0 Å². The molecule has 6 aliphatic rings. The maximum atomic E-state index is 14.6. The van der Waals surface area contributed by atoms with E-state index in [2.05, 4.69) is 62.7 Å². The Kier molecular flexibility index (Phi) is 21.1. The Bertz CT molecular complexity index is 2110. The van der Waals surface area contributed by atoms with E-state index in [1.165, 1.54) is 23.2 Å². The normalized spacial score (nSPS) is 42.9. The number of piperidine rings is 1. The van der Waals surface area contributed by atoms with Crippen molar-refractivity contribution in [1.82, 2.24) is 10.2 Å². The van der Waals surface area contributed by atoms with E-state index in [4.69, 9.17) is 18.9 Å². The first-order valence-electron chi connectivity index (χ1n) is 27.4. The van der Waals surface area contributed by atoms with Crippen molar-refractivity contribution >= 4 is 17.7 Å². The molecule has 408 valence electrons. The molecule has 14 nitrogen and oxygen atoms in total. The number of hydrogen-bond donors (Lipinski definition) is 6. The minimum atomic E-state index is -2.42. The van der Waals surface area contributed by atoms with Crippen LogP contribution >= 0.6 is 0 Å². The zero-order valence-electron chi connectivity index (χ0n) is 45.4. The highest BCUT2D eigenvalue weighted by Gasteiger charge is 2.53. The van der Waals surface area contributed by atoms with Crippen molar-refractivity contribution < 1.29 is 58.9 Å². The molecular weight excluding hydrogens is 929 g/mol. The van der Waals surface area contributed by atoms with Gasteiger partial charge in [0.2, 0.25) is 5.79 Å². The van der Waals surface area contributed by atoms with Crippen LogP contribution < -0.4 is 5.32 Å². The molecule has 2 aliphatic carbocycles. The molecule has 0 aromatic heterocycles. The van der Waals surface area contributed by atoms with E-state index in [0.29, 0.717) is 63.4 Å². The largest absolute Gasteiger partial charge is 0.460 e. The monoisotopic (exact) mass is 1020 g/mol. The average molecular weight is 1020 g/mol. The van der Waals surface area contributed by atoms with Crippen LogP contribution in [-0.4, -0.2) is 136 Å². The summed E-state index contributed by atoms with van der Waals surface area (Å²) in [5, 5.41) is 61.6. The van der Waals surface area contributed by atoms with Gasteiger partial charge in [-0.3, -0.25) is 9.59 Å². The molecule has 4 heterocycles. The summed E-state index contributed by atoms with van der Waals surface area (Å²) in [7, 11) is 3.06. The van der Waals surface area contributed by atoms with Gasteiger partial charge < -0.3 is 54.7 Å². The predicted octanol–water partition coefficient (Wildman–Crippen LogP) is 7.35. The molecule has 19 atom stereocenters. The Morgan fingerprint density at radius 3 is 2.27 bits per heavy atom. The number of methoxy groups -OCH3 is 2. The van der Waals surface area contributed by atoms with Gasteiger partial charge in [0, 0.05) is 50.9 Å². The minimum absolute atomic E-state index is 0.0354. The van der Waals surface area contributed by atoms with Crippen molar-refractivity contribution in [3.05, 3.63) is 83.2 Å². The lowest BCUT2D eigenvalue weighted by Gasteiger charge is -2.43. The molecular formula is C59H90N2O12. The number of fused-ring (bicyclic) bond motifs is 4. The topological polar surface area (TPSA) is 205 Å². The fourth-order valence-electron chi connectivity index (χ4n) is 12.6. The standard InChI is InChI=1S/C59H90N2O12/c1-34-17-12-11-13-18-35(2)45(46-33-60-52-36(3)19-16-20-44(46)52)31-43-24-22-41(8)59(69,73-43)56(66)57(67)61-26-15-14-21-47(61)58(68)72-50(38(5)29-42-23-25-48(62)51(30-42)70-9)32-49(63)37(4)28-40(7)54(65)55(71-10)53(64)39(6)27-34/h11-13,16-20,28,33-34,37-39,41-45,47-55,60,62-65,69H,14-15,21-27,29-32H2,1-10H3/b13-11+,17-12+,35-18+,40-28+/t34-,37-,38-,39-,41-,42?,43+,44?,45+,47+,48-,49+,50+,51-,52?,53+,54-,55+,59-/m1/s1. The van der Waals surface area contributed by atoms with Crippen LogP contribution in [-0.2, 0) is 33.3 Å². The lowest BCUT2D eigenvalue weighted by atomic mass is 9.75. The molecule has 2 saturated heterocycles. The fraction of sp³-hybridized carbons (Fsp3) is 0.712. The van der Waals surface area contributed by atoms with E-state index in [1.807, 2.05) is 39.0 Å². The number of esters is 1. The molecule has 4 aliphatic heterocycles. The van der Waals surface area contributed by atoms with Crippen molar-refractivity contribution in [1.29, 1.82) is 0 Å². The van der Waals surface area contributed by atoms with Crippen LogP contribution in [0.4, 0.5) is 0 Å². The van der Waals surface area contributed by atoms with Crippen molar-refractivity contribution in [2.24, 2.45) is 47.3 Å². The number of amides is 1. The molecule has 0 aromatic rings. The molecule has 1 saturated carbocycles. The second-order valence-corrected chi connectivity index (χ2v) is 22.9. The SMILES string of the molecule is CO[C@H]1[C@@H](O)[C@H](C)C[C@H](C)/C=C/C=C/C=C(\C)[C@@H](C2=CNC3C(C)=CC=CC23)C[C@@H]2CC[C@@H](C)[C@@](O)(O2)C(=O)C(=O)N2CCCC[C@H]2C(=O)O[C@H]([C@H](C)CC2CC[C@@H](O)[C@H](OC)C2)C[C@H](O)[C@H](C)/C=C(\C)[C@H]1O. The first kappa shape index (κ1) is 58.5. The summed E-state index contributed by atoms with van der Waals surface area (Å²) in [6.45, 7) is 15.6. The third-order valence-electron chi connectivity index (χ3n) is 17.4. The molecule has 0 radical (unpaired) electrons. The van der Waals surface area contributed by atoms with Gasteiger partial charge in [0.05, 0.1) is 36.6 Å². The van der Waals surface area contributed by atoms with Crippen molar-refractivity contribution in [3.63, 3.8) is 0 Å². The fourth-order valence-corrected chi connectivity index (χ4v) is 12.6. The van der Waals surface area contributed by atoms with E-state index in [9.17, 15) is 39.9 Å². The van der Waals surface area contributed by atoms with E-state index in [-0.39, 0.29) is 67.0 Å². The van der Waals surface area contributed by atoms with Gasteiger partial charge >= 0.3 is 5.97 Å². The zero-order valence-corrected chi connectivity index (χ0v) is 45.4. The number of nitrogens with zero attached hydrogens (tertiary/aromatic N) is 1. The van der Waals surface area contributed by atoms with Crippen molar-refractivity contribution in [2.75, 3.05) is 20.8 Å².